The highest BCUT2D eigenvalue weighted by atomic mass is 16.5. The van der Waals surface area contributed by atoms with Gasteiger partial charge in [-0.3, -0.25) is 0 Å². The van der Waals surface area contributed by atoms with Crippen LogP contribution in [0.25, 0.3) is 33.4 Å². The summed E-state index contributed by atoms with van der Waals surface area (Å²) in [6, 6.07) is 27.5. The lowest BCUT2D eigenvalue weighted by Gasteiger charge is -2.12. The van der Waals surface area contributed by atoms with Crippen molar-refractivity contribution in [1.29, 1.82) is 0 Å². The summed E-state index contributed by atoms with van der Waals surface area (Å²) in [6.07, 6.45) is 0. The van der Waals surface area contributed by atoms with Gasteiger partial charge in [-0.05, 0) is 88.0 Å². The predicted octanol–water partition coefficient (Wildman–Crippen LogP) is 5.56. The summed E-state index contributed by atoms with van der Waals surface area (Å²) in [6.45, 7) is -0.388. The van der Waals surface area contributed by atoms with Crippen LogP contribution in [0.3, 0.4) is 0 Å². The van der Waals surface area contributed by atoms with Crippen LogP contribution in [-0.4, -0.2) is 27.9 Å². The van der Waals surface area contributed by atoms with E-state index in [0.29, 0.717) is 5.75 Å². The van der Waals surface area contributed by atoms with E-state index in [4.69, 9.17) is 9.84 Å². The van der Waals surface area contributed by atoms with Gasteiger partial charge in [-0.2, -0.15) is 0 Å². The molecule has 0 amide bonds. The molecule has 3 N–H and O–H groups in total. The van der Waals surface area contributed by atoms with Gasteiger partial charge in [0.2, 0.25) is 0 Å². The van der Waals surface area contributed by atoms with Crippen LogP contribution in [0.15, 0.2) is 91.0 Å². The number of aromatic hydroxyl groups is 2. The molecular weight excluding hydrogens is 392 g/mol. The Morgan fingerprint density at radius 3 is 1.29 bits per heavy atom. The monoisotopic (exact) mass is 412 g/mol. The van der Waals surface area contributed by atoms with E-state index in [9.17, 15) is 15.0 Å². The number of hydrogen-bond acceptors (Lipinski definition) is 4. The summed E-state index contributed by atoms with van der Waals surface area (Å²) in [5, 5.41) is 28.0. The number of benzene rings is 4. The summed E-state index contributed by atoms with van der Waals surface area (Å²) in [5.41, 5.74) is 5.79. The van der Waals surface area contributed by atoms with E-state index >= 15 is 0 Å². The molecule has 0 aromatic heterocycles. The SMILES string of the molecule is O=C(O)COc1ccc(-c2cc(-c3ccc(O)cc3)cc(-c3ccc(O)cc3)c2)cc1. The Hall–Kier alpha value is -4.25. The first-order chi connectivity index (χ1) is 15.0. The van der Waals surface area contributed by atoms with Crippen molar-refractivity contribution in [2.45, 2.75) is 0 Å². The molecule has 5 heteroatoms. The predicted molar refractivity (Wildman–Crippen MR) is 119 cm³/mol. The van der Waals surface area contributed by atoms with E-state index in [2.05, 4.69) is 18.2 Å². The second kappa shape index (κ2) is 8.63. The average molecular weight is 412 g/mol. The second-order valence-electron chi connectivity index (χ2n) is 7.10. The molecule has 0 aliphatic rings. The number of carboxylic acids is 1. The number of carbonyl (C=O) groups is 1. The van der Waals surface area contributed by atoms with E-state index in [-0.39, 0.29) is 18.1 Å². The lowest BCUT2D eigenvalue weighted by Crippen LogP contribution is -2.09. The third kappa shape index (κ3) is 4.85. The van der Waals surface area contributed by atoms with Crippen molar-refractivity contribution in [3.05, 3.63) is 91.0 Å². The molecule has 0 fully saturated rings. The fourth-order valence-electron chi connectivity index (χ4n) is 3.32. The van der Waals surface area contributed by atoms with Crippen molar-refractivity contribution in [2.24, 2.45) is 0 Å². The number of rotatable bonds is 6. The highest BCUT2D eigenvalue weighted by Crippen LogP contribution is 2.34. The summed E-state index contributed by atoms with van der Waals surface area (Å²) < 4.78 is 5.22. The summed E-state index contributed by atoms with van der Waals surface area (Å²) in [4.78, 5) is 10.7. The normalized spacial score (nSPS) is 10.6. The first-order valence-corrected chi connectivity index (χ1v) is 9.67. The van der Waals surface area contributed by atoms with Crippen LogP contribution >= 0.6 is 0 Å². The Morgan fingerprint density at radius 2 is 0.935 bits per heavy atom. The molecule has 31 heavy (non-hydrogen) atoms. The molecule has 0 spiro atoms. The Balaban J connectivity index is 1.76. The maximum atomic E-state index is 10.7. The molecule has 0 saturated carbocycles. The molecule has 4 rings (SSSR count). The first kappa shape index (κ1) is 20.0. The van der Waals surface area contributed by atoms with Crippen molar-refractivity contribution < 1.29 is 24.9 Å². The number of phenolic OH excluding ortho intramolecular Hbond substituents is 2. The molecule has 4 aromatic rings. The molecule has 0 aliphatic heterocycles. The molecule has 154 valence electrons. The Labute approximate surface area is 179 Å². The molecule has 0 aliphatic carbocycles. The zero-order valence-corrected chi connectivity index (χ0v) is 16.5. The van der Waals surface area contributed by atoms with Gasteiger partial charge in [-0.25, -0.2) is 4.79 Å². The van der Waals surface area contributed by atoms with Crippen LogP contribution in [-0.2, 0) is 4.79 Å². The van der Waals surface area contributed by atoms with Gasteiger partial charge in [0.1, 0.15) is 17.2 Å². The fraction of sp³-hybridized carbons (Fsp3) is 0.0385. The van der Waals surface area contributed by atoms with Crippen LogP contribution < -0.4 is 4.74 Å². The molecule has 4 aromatic carbocycles. The summed E-state index contributed by atoms with van der Waals surface area (Å²) in [5.74, 6) is -0.130. The van der Waals surface area contributed by atoms with Crippen molar-refractivity contribution in [3.8, 4) is 50.6 Å². The third-order valence-corrected chi connectivity index (χ3v) is 4.88. The van der Waals surface area contributed by atoms with Gasteiger partial charge in [-0.1, -0.05) is 36.4 Å². The van der Waals surface area contributed by atoms with Gasteiger partial charge in [0.05, 0.1) is 0 Å². The van der Waals surface area contributed by atoms with E-state index in [0.717, 1.165) is 33.4 Å². The van der Waals surface area contributed by atoms with Gasteiger partial charge >= 0.3 is 5.97 Å². The van der Waals surface area contributed by atoms with Crippen LogP contribution in [0.5, 0.6) is 17.2 Å². The van der Waals surface area contributed by atoms with Crippen LogP contribution in [0, 0.1) is 0 Å². The fourth-order valence-corrected chi connectivity index (χ4v) is 3.32. The highest BCUT2D eigenvalue weighted by Gasteiger charge is 2.09. The van der Waals surface area contributed by atoms with Crippen LogP contribution in [0.1, 0.15) is 0 Å². The maximum absolute atomic E-state index is 10.7. The maximum Gasteiger partial charge on any atom is 0.341 e. The molecule has 0 atom stereocenters. The molecule has 0 bridgehead atoms. The number of ether oxygens (including phenoxy) is 1. The van der Waals surface area contributed by atoms with Gasteiger partial charge in [-0.15, -0.1) is 0 Å². The van der Waals surface area contributed by atoms with E-state index in [1.54, 1.807) is 36.4 Å². The largest absolute Gasteiger partial charge is 0.508 e. The molecule has 5 nitrogen and oxygen atoms in total. The van der Waals surface area contributed by atoms with Crippen molar-refractivity contribution in [1.82, 2.24) is 0 Å². The third-order valence-electron chi connectivity index (χ3n) is 4.88. The molecule has 0 unspecified atom stereocenters. The standard InChI is InChI=1S/C26H20O5/c27-23-7-1-17(2-8-23)20-13-21(18-3-9-24(28)10-4-18)15-22(14-20)19-5-11-25(12-6-19)31-16-26(29)30/h1-15,27-28H,16H2,(H,29,30). The van der Waals surface area contributed by atoms with Gasteiger partial charge < -0.3 is 20.1 Å². The highest BCUT2D eigenvalue weighted by molar-refractivity contribution is 5.81. The zero-order valence-electron chi connectivity index (χ0n) is 16.5. The number of phenols is 2. The smallest absolute Gasteiger partial charge is 0.341 e. The topological polar surface area (TPSA) is 87.0 Å². The number of hydrogen-bond donors (Lipinski definition) is 3. The summed E-state index contributed by atoms with van der Waals surface area (Å²) in [7, 11) is 0. The zero-order chi connectivity index (χ0) is 21.8. The Kier molecular flexibility index (Phi) is 5.58. The molecule has 0 radical (unpaired) electrons. The van der Waals surface area contributed by atoms with Gasteiger partial charge in [0, 0.05) is 0 Å². The summed E-state index contributed by atoms with van der Waals surface area (Å²) >= 11 is 0. The lowest BCUT2D eigenvalue weighted by atomic mass is 9.93. The van der Waals surface area contributed by atoms with Crippen molar-refractivity contribution in [3.63, 3.8) is 0 Å². The molecule has 0 saturated heterocycles. The second-order valence-corrected chi connectivity index (χ2v) is 7.10. The Morgan fingerprint density at radius 1 is 0.581 bits per heavy atom. The number of carboxylic acid groups (broad SMARTS) is 1. The molecule has 0 heterocycles. The molecular formula is C26H20O5. The minimum atomic E-state index is -1.02. The van der Waals surface area contributed by atoms with Crippen molar-refractivity contribution >= 4 is 5.97 Å². The van der Waals surface area contributed by atoms with Crippen molar-refractivity contribution in [2.75, 3.05) is 6.61 Å². The van der Waals surface area contributed by atoms with E-state index in [1.165, 1.54) is 0 Å². The quantitative estimate of drug-likeness (QED) is 0.386. The Bertz CT molecular complexity index is 1130. The van der Waals surface area contributed by atoms with Crippen LogP contribution in [0.4, 0.5) is 0 Å². The van der Waals surface area contributed by atoms with E-state index < -0.39 is 5.97 Å². The van der Waals surface area contributed by atoms with Gasteiger partial charge in [0.25, 0.3) is 0 Å². The van der Waals surface area contributed by atoms with Gasteiger partial charge in [0.15, 0.2) is 6.61 Å². The lowest BCUT2D eigenvalue weighted by molar-refractivity contribution is -0.139. The minimum absolute atomic E-state index is 0.204. The van der Waals surface area contributed by atoms with Crippen LogP contribution in [0.2, 0.25) is 0 Å². The van der Waals surface area contributed by atoms with E-state index in [1.807, 2.05) is 36.4 Å². The number of aliphatic carboxylic acids is 1. The first-order valence-electron chi connectivity index (χ1n) is 9.67. The minimum Gasteiger partial charge on any atom is -0.508 e. The average Bonchev–Trinajstić information content (AvgIpc) is 2.79.